The topological polar surface area (TPSA) is 105 Å². The lowest BCUT2D eigenvalue weighted by Crippen LogP contribution is -2.32. The van der Waals surface area contributed by atoms with Crippen molar-refractivity contribution in [3.63, 3.8) is 0 Å². The summed E-state index contributed by atoms with van der Waals surface area (Å²) in [6.45, 7) is 6.58. The van der Waals surface area contributed by atoms with Crippen LogP contribution in [0.5, 0.6) is 5.75 Å². The molecule has 0 radical (unpaired) electrons. The van der Waals surface area contributed by atoms with E-state index >= 15 is 0 Å². The minimum atomic E-state index is -0.419. The Hall–Kier alpha value is -2.68. The number of anilines is 1. The number of aliphatic hydroxyl groups excluding tert-OH is 1. The van der Waals surface area contributed by atoms with Gasteiger partial charge in [0.1, 0.15) is 5.75 Å². The predicted molar refractivity (Wildman–Crippen MR) is 181 cm³/mol. The van der Waals surface area contributed by atoms with Crippen molar-refractivity contribution in [3.8, 4) is 5.75 Å². The summed E-state index contributed by atoms with van der Waals surface area (Å²) in [5.41, 5.74) is 8.37. The number of unbranched alkanes of at least 4 members (excludes halogenated alkanes) is 1. The number of amides is 2. The monoisotopic (exact) mass is 631 g/mol. The molecule has 9 heteroatoms. The molecule has 3 rings (SSSR count). The summed E-state index contributed by atoms with van der Waals surface area (Å²) in [5, 5.41) is 7.78. The molecule has 43 heavy (non-hydrogen) atoms. The maximum atomic E-state index is 12.0. The smallest absolute Gasteiger partial charge is 0.248 e. The van der Waals surface area contributed by atoms with E-state index < -0.39 is 5.91 Å². The van der Waals surface area contributed by atoms with Crippen LogP contribution in [0.15, 0.2) is 54.6 Å². The molecule has 0 bridgehead atoms. The normalized spacial score (nSPS) is 15.1. The molecular weight excluding hydrogens is 582 g/mol. The average Bonchev–Trinajstić information content (AvgIpc) is 3.19. The second-order valence-corrected chi connectivity index (χ2v) is 12.2. The number of nitrogens with two attached hydrogens (primary N) is 1. The molecule has 1 aliphatic rings. The Labute approximate surface area is 267 Å². The standard InChI is InChI=1S/C33H46ClN3O3S.CH4O/c1-3-25(11-7-5-6-8-20-41-36-32(38)4-2)18-19-37-23-27(14-9-12-26-13-10-15-29(34)21-26)24-40-31-17-16-28(33(35)39)22-30(31)37;1-2/h5,7,10,13,15-17,21-22,25,27H,3-4,6,8-9,11-12,14,18-20,23-24H2,1-2H3,(H2,35,39)(H,36,38);2H,1H3/b7-5+;/t25-,27?;/m0./s1. The summed E-state index contributed by atoms with van der Waals surface area (Å²) in [7, 11) is 1.00. The molecule has 2 aromatic rings. The molecule has 1 aliphatic heterocycles. The number of hydrogen-bond donors (Lipinski definition) is 3. The van der Waals surface area contributed by atoms with Crippen LogP contribution in [0.25, 0.3) is 0 Å². The van der Waals surface area contributed by atoms with Crippen molar-refractivity contribution in [1.82, 2.24) is 4.72 Å². The number of aliphatic hydroxyl groups is 1. The first-order chi connectivity index (χ1) is 20.9. The van der Waals surface area contributed by atoms with E-state index in [1.807, 2.05) is 37.3 Å². The van der Waals surface area contributed by atoms with Crippen LogP contribution in [0.4, 0.5) is 5.69 Å². The molecule has 0 saturated heterocycles. The van der Waals surface area contributed by atoms with Gasteiger partial charge in [-0.15, -0.1) is 0 Å². The number of rotatable bonds is 17. The molecule has 2 aromatic carbocycles. The number of allylic oxidation sites excluding steroid dienone is 2. The van der Waals surface area contributed by atoms with Crippen molar-refractivity contribution in [2.24, 2.45) is 17.6 Å². The number of primary amides is 1. The van der Waals surface area contributed by atoms with Gasteiger partial charge in [-0.25, -0.2) is 0 Å². The third-order valence-corrected chi connectivity index (χ3v) is 8.75. The fraction of sp³-hybridized carbons (Fsp3) is 0.529. The zero-order valence-corrected chi connectivity index (χ0v) is 27.6. The predicted octanol–water partition coefficient (Wildman–Crippen LogP) is 7.20. The molecule has 4 N–H and O–H groups in total. The molecule has 0 fully saturated rings. The molecule has 0 aliphatic carbocycles. The largest absolute Gasteiger partial charge is 0.491 e. The van der Waals surface area contributed by atoms with Gasteiger partial charge in [-0.05, 0) is 86.8 Å². The number of nitrogens with one attached hydrogen (secondary N) is 1. The zero-order chi connectivity index (χ0) is 31.5. The number of fused-ring (bicyclic) bond motifs is 1. The summed E-state index contributed by atoms with van der Waals surface area (Å²) < 4.78 is 9.12. The number of ether oxygens (including phenoxy) is 1. The summed E-state index contributed by atoms with van der Waals surface area (Å²) in [5.74, 6) is 2.39. The molecule has 0 saturated carbocycles. The molecule has 7 nitrogen and oxygen atoms in total. The Kier molecular flexibility index (Phi) is 17.9. The lowest BCUT2D eigenvalue weighted by Gasteiger charge is -2.28. The quantitative estimate of drug-likeness (QED) is 0.0969. The average molecular weight is 632 g/mol. The van der Waals surface area contributed by atoms with Gasteiger partial charge in [-0.1, -0.05) is 68.1 Å². The highest BCUT2D eigenvalue weighted by Gasteiger charge is 2.24. The van der Waals surface area contributed by atoms with Gasteiger partial charge in [-0.3, -0.25) is 9.59 Å². The van der Waals surface area contributed by atoms with E-state index in [0.29, 0.717) is 30.4 Å². The first kappa shape index (κ1) is 36.5. The number of carbonyl (C=O) groups excluding carboxylic acids is 2. The fourth-order valence-electron chi connectivity index (χ4n) is 5.09. The second kappa shape index (κ2) is 21.1. The van der Waals surface area contributed by atoms with Crippen molar-refractivity contribution in [2.45, 2.75) is 71.6 Å². The molecule has 2 atom stereocenters. The number of nitrogens with zero attached hydrogens (tertiary/aromatic N) is 1. The summed E-state index contributed by atoms with van der Waals surface area (Å²) in [6.07, 6.45) is 13.5. The Morgan fingerprint density at radius 3 is 2.72 bits per heavy atom. The lowest BCUT2D eigenvalue weighted by molar-refractivity contribution is -0.118. The van der Waals surface area contributed by atoms with Gasteiger partial charge in [0, 0.05) is 48.9 Å². The van der Waals surface area contributed by atoms with Crippen molar-refractivity contribution < 1.29 is 19.4 Å². The van der Waals surface area contributed by atoms with Crippen molar-refractivity contribution in [2.75, 3.05) is 37.5 Å². The number of halogens is 1. The van der Waals surface area contributed by atoms with E-state index in [0.717, 1.165) is 93.8 Å². The number of carbonyl (C=O) groups is 2. The first-order valence-corrected chi connectivity index (χ1v) is 16.8. The van der Waals surface area contributed by atoms with Crippen LogP contribution in [0, 0.1) is 11.8 Å². The maximum Gasteiger partial charge on any atom is 0.248 e. The van der Waals surface area contributed by atoms with Crippen LogP contribution in [-0.2, 0) is 11.2 Å². The van der Waals surface area contributed by atoms with Gasteiger partial charge >= 0.3 is 0 Å². The van der Waals surface area contributed by atoms with E-state index in [1.54, 1.807) is 6.07 Å². The molecular formula is C34H50ClN3O4S. The van der Waals surface area contributed by atoms with Crippen LogP contribution in [0.1, 0.15) is 81.1 Å². The lowest BCUT2D eigenvalue weighted by atomic mass is 9.96. The Morgan fingerprint density at radius 2 is 2.00 bits per heavy atom. The number of benzene rings is 2. The molecule has 1 heterocycles. The van der Waals surface area contributed by atoms with Gasteiger partial charge in [0.15, 0.2) is 0 Å². The van der Waals surface area contributed by atoms with Crippen molar-refractivity contribution >= 4 is 41.1 Å². The van der Waals surface area contributed by atoms with Gasteiger partial charge in [0.2, 0.25) is 11.8 Å². The Bertz CT molecular complexity index is 1150. The van der Waals surface area contributed by atoms with Crippen LogP contribution in [0.3, 0.4) is 0 Å². The third kappa shape index (κ3) is 13.7. The van der Waals surface area contributed by atoms with Crippen molar-refractivity contribution in [1.29, 1.82) is 0 Å². The molecule has 1 unspecified atom stereocenters. The SMILES string of the molecule is CCC(=O)NSCCC/C=C/C[C@H](CC)CCN1CC(CCCc2cccc(Cl)c2)COc2ccc(C(N)=O)cc21.CO. The number of hydrogen-bond acceptors (Lipinski definition) is 6. The first-order valence-electron chi connectivity index (χ1n) is 15.5. The number of aryl methyl sites for hydroxylation is 1. The Balaban J connectivity index is 0.00000316. The van der Waals surface area contributed by atoms with Gasteiger partial charge in [0.05, 0.1) is 12.3 Å². The van der Waals surface area contributed by atoms with Crippen molar-refractivity contribution in [3.05, 3.63) is 70.8 Å². The third-order valence-electron chi connectivity index (χ3n) is 7.65. The van der Waals surface area contributed by atoms with Gasteiger partial charge < -0.3 is 25.2 Å². The van der Waals surface area contributed by atoms with Crippen LogP contribution >= 0.6 is 23.5 Å². The van der Waals surface area contributed by atoms with Crippen LogP contribution < -0.4 is 20.1 Å². The summed E-state index contributed by atoms with van der Waals surface area (Å²) >= 11 is 7.67. The van der Waals surface area contributed by atoms with Gasteiger partial charge in [-0.2, -0.15) is 0 Å². The van der Waals surface area contributed by atoms with Crippen LogP contribution in [-0.4, -0.2) is 49.5 Å². The highest BCUT2D eigenvalue weighted by Crippen LogP contribution is 2.35. The molecule has 2 amide bonds. The Morgan fingerprint density at radius 1 is 1.19 bits per heavy atom. The van der Waals surface area contributed by atoms with E-state index in [1.165, 1.54) is 17.5 Å². The van der Waals surface area contributed by atoms with E-state index in [-0.39, 0.29) is 5.91 Å². The second-order valence-electron chi connectivity index (χ2n) is 10.8. The summed E-state index contributed by atoms with van der Waals surface area (Å²) in [6, 6.07) is 13.6. The van der Waals surface area contributed by atoms with E-state index in [9.17, 15) is 9.59 Å². The maximum absolute atomic E-state index is 12.0. The summed E-state index contributed by atoms with van der Waals surface area (Å²) in [4.78, 5) is 25.7. The minimum Gasteiger partial charge on any atom is -0.491 e. The highest BCUT2D eigenvalue weighted by molar-refractivity contribution is 7.97. The zero-order valence-electron chi connectivity index (χ0n) is 26.0. The molecule has 0 spiro atoms. The van der Waals surface area contributed by atoms with Crippen LogP contribution in [0.2, 0.25) is 5.02 Å². The van der Waals surface area contributed by atoms with Gasteiger partial charge in [0.25, 0.3) is 0 Å². The fourth-order valence-corrected chi connectivity index (χ4v) is 6.03. The highest BCUT2D eigenvalue weighted by atomic mass is 35.5. The van der Waals surface area contributed by atoms with E-state index in [4.69, 9.17) is 27.2 Å². The molecule has 0 aromatic heterocycles. The molecule has 238 valence electrons. The minimum absolute atomic E-state index is 0.0876. The van der Waals surface area contributed by atoms with E-state index in [2.05, 4.69) is 34.8 Å².